The number of aliphatic hydroxyl groups excluding tert-OH is 1. The fourth-order valence-electron chi connectivity index (χ4n) is 4.75. The molecular weight excluding hydrogens is 406 g/mol. The summed E-state index contributed by atoms with van der Waals surface area (Å²) in [6.07, 6.45) is 4.54. The van der Waals surface area contributed by atoms with Gasteiger partial charge in [-0.15, -0.1) is 0 Å². The van der Waals surface area contributed by atoms with Gasteiger partial charge in [0.15, 0.2) is 0 Å². The van der Waals surface area contributed by atoms with Crippen molar-refractivity contribution >= 4 is 35.0 Å². The minimum atomic E-state index is -0.827. The predicted octanol–water partition coefficient (Wildman–Crippen LogP) is 1.98. The highest BCUT2D eigenvalue weighted by atomic mass is 35.5. The molecule has 3 N–H and O–H groups in total. The van der Waals surface area contributed by atoms with E-state index in [-0.39, 0.29) is 36.8 Å². The van der Waals surface area contributed by atoms with Crippen LogP contribution < -0.4 is 10.6 Å². The zero-order valence-electron chi connectivity index (χ0n) is 17.4. The zero-order chi connectivity index (χ0) is 22.0. The lowest BCUT2D eigenvalue weighted by atomic mass is 9.69. The highest BCUT2D eigenvalue weighted by Gasteiger charge is 2.56. The van der Waals surface area contributed by atoms with Gasteiger partial charge in [0.25, 0.3) is 0 Å². The van der Waals surface area contributed by atoms with Gasteiger partial charge in [-0.3, -0.25) is 14.4 Å². The van der Waals surface area contributed by atoms with Gasteiger partial charge in [-0.1, -0.05) is 42.8 Å². The van der Waals surface area contributed by atoms with E-state index in [1.54, 1.807) is 19.2 Å². The van der Waals surface area contributed by atoms with Crippen LogP contribution in [0.25, 0.3) is 0 Å². The SMILES string of the molecule is CC[C@@H]1C=C[C@H]2[C@H](C(=O)N(CCO)[C@@H]2C(=O)Nc2c(C)cccc2Cl)[C@@H]1C(=O)NC. The molecule has 1 aliphatic carbocycles. The minimum Gasteiger partial charge on any atom is -0.395 e. The minimum absolute atomic E-state index is 0.0243. The second-order valence-electron chi connectivity index (χ2n) is 7.82. The van der Waals surface area contributed by atoms with Crippen LogP contribution in [0.5, 0.6) is 0 Å². The lowest BCUT2D eigenvalue weighted by Gasteiger charge is -2.33. The molecule has 0 saturated carbocycles. The van der Waals surface area contributed by atoms with Crippen LogP contribution in [0.15, 0.2) is 30.4 Å². The Bertz CT molecular complexity index is 852. The number of carbonyl (C=O) groups is 3. The number of nitrogens with one attached hydrogen (secondary N) is 2. The Morgan fingerprint density at radius 3 is 2.57 bits per heavy atom. The maximum Gasteiger partial charge on any atom is 0.247 e. The number of carbonyl (C=O) groups excluding carboxylic acids is 3. The Labute approximate surface area is 181 Å². The van der Waals surface area contributed by atoms with E-state index in [1.165, 1.54) is 4.90 Å². The highest BCUT2D eigenvalue weighted by Crippen LogP contribution is 2.45. The van der Waals surface area contributed by atoms with E-state index in [0.29, 0.717) is 17.1 Å². The summed E-state index contributed by atoms with van der Waals surface area (Å²) < 4.78 is 0. The number of fused-ring (bicyclic) bond motifs is 1. The number of para-hydroxylation sites is 1. The van der Waals surface area contributed by atoms with Gasteiger partial charge in [-0.25, -0.2) is 0 Å². The number of nitrogens with zero attached hydrogens (tertiary/aromatic N) is 1. The molecule has 162 valence electrons. The molecule has 30 heavy (non-hydrogen) atoms. The molecule has 2 aliphatic rings. The Kier molecular flexibility index (Phi) is 6.83. The quantitative estimate of drug-likeness (QED) is 0.597. The van der Waals surface area contributed by atoms with E-state index in [0.717, 1.165) is 5.56 Å². The molecule has 5 atom stereocenters. The van der Waals surface area contributed by atoms with Crippen LogP contribution >= 0.6 is 11.6 Å². The summed E-state index contributed by atoms with van der Waals surface area (Å²) in [6, 6.07) is 4.49. The molecule has 0 radical (unpaired) electrons. The van der Waals surface area contributed by atoms with Crippen molar-refractivity contribution in [3.63, 3.8) is 0 Å². The lowest BCUT2D eigenvalue weighted by molar-refractivity contribution is -0.140. The van der Waals surface area contributed by atoms with Crippen LogP contribution in [-0.4, -0.2) is 54.0 Å². The van der Waals surface area contributed by atoms with E-state index in [9.17, 15) is 19.5 Å². The molecule has 0 spiro atoms. The van der Waals surface area contributed by atoms with Crippen molar-refractivity contribution in [2.24, 2.45) is 23.7 Å². The van der Waals surface area contributed by atoms with Gasteiger partial charge in [-0.05, 0) is 30.9 Å². The number of anilines is 1. The molecule has 3 amide bonds. The number of rotatable bonds is 6. The third kappa shape index (κ3) is 3.84. The van der Waals surface area contributed by atoms with Crippen LogP contribution in [0.1, 0.15) is 18.9 Å². The molecule has 0 bridgehead atoms. The molecule has 7 nitrogen and oxygen atoms in total. The van der Waals surface area contributed by atoms with E-state index >= 15 is 0 Å². The first-order valence-electron chi connectivity index (χ1n) is 10.2. The van der Waals surface area contributed by atoms with Crippen LogP contribution in [0.3, 0.4) is 0 Å². The van der Waals surface area contributed by atoms with Crippen molar-refractivity contribution in [2.45, 2.75) is 26.3 Å². The molecule has 1 saturated heterocycles. The molecule has 3 rings (SSSR count). The fourth-order valence-corrected chi connectivity index (χ4v) is 5.02. The van der Waals surface area contributed by atoms with Crippen molar-refractivity contribution in [1.82, 2.24) is 10.2 Å². The summed E-state index contributed by atoms with van der Waals surface area (Å²) in [5, 5.41) is 15.5. The Morgan fingerprint density at radius 1 is 1.23 bits per heavy atom. The maximum atomic E-state index is 13.3. The van der Waals surface area contributed by atoms with Crippen molar-refractivity contribution in [3.8, 4) is 0 Å². The van der Waals surface area contributed by atoms with Gasteiger partial charge in [-0.2, -0.15) is 0 Å². The summed E-state index contributed by atoms with van der Waals surface area (Å²) in [6.45, 7) is 3.56. The second kappa shape index (κ2) is 9.18. The zero-order valence-corrected chi connectivity index (χ0v) is 18.1. The van der Waals surface area contributed by atoms with Crippen molar-refractivity contribution in [2.75, 3.05) is 25.5 Å². The molecule has 1 aromatic carbocycles. The van der Waals surface area contributed by atoms with Gasteiger partial charge in [0, 0.05) is 19.5 Å². The molecule has 0 unspecified atom stereocenters. The summed E-state index contributed by atoms with van der Waals surface area (Å²) in [4.78, 5) is 40.7. The van der Waals surface area contributed by atoms with E-state index in [4.69, 9.17) is 11.6 Å². The van der Waals surface area contributed by atoms with Crippen LogP contribution in [0.4, 0.5) is 5.69 Å². The summed E-state index contributed by atoms with van der Waals surface area (Å²) in [5.74, 6) is -2.60. The molecular formula is C22H28ClN3O4. The third-order valence-electron chi connectivity index (χ3n) is 6.21. The number of halogens is 1. The Morgan fingerprint density at radius 2 is 1.97 bits per heavy atom. The third-order valence-corrected chi connectivity index (χ3v) is 6.53. The number of amides is 3. The van der Waals surface area contributed by atoms with Crippen molar-refractivity contribution < 1.29 is 19.5 Å². The number of aryl methyl sites for hydroxylation is 1. The van der Waals surface area contributed by atoms with E-state index in [2.05, 4.69) is 10.6 Å². The number of β-amino-alcohol motifs (C(OH)–C–C–N with tert-alkyl or cyclic N) is 1. The largest absolute Gasteiger partial charge is 0.395 e. The second-order valence-corrected chi connectivity index (χ2v) is 8.23. The number of allylic oxidation sites excluding steroid dienone is 1. The number of benzene rings is 1. The van der Waals surface area contributed by atoms with Gasteiger partial charge < -0.3 is 20.6 Å². The van der Waals surface area contributed by atoms with Crippen LogP contribution in [-0.2, 0) is 14.4 Å². The first-order valence-corrected chi connectivity index (χ1v) is 10.6. The molecule has 0 aromatic heterocycles. The molecule has 1 heterocycles. The Hall–Kier alpha value is -2.38. The summed E-state index contributed by atoms with van der Waals surface area (Å²) >= 11 is 6.26. The number of hydrogen-bond donors (Lipinski definition) is 3. The fraction of sp³-hybridized carbons (Fsp3) is 0.500. The van der Waals surface area contributed by atoms with Gasteiger partial charge in [0.1, 0.15) is 6.04 Å². The molecule has 1 aliphatic heterocycles. The topological polar surface area (TPSA) is 98.7 Å². The maximum absolute atomic E-state index is 13.3. The monoisotopic (exact) mass is 433 g/mol. The molecule has 1 aromatic rings. The smallest absolute Gasteiger partial charge is 0.247 e. The first kappa shape index (κ1) is 22.3. The predicted molar refractivity (Wildman–Crippen MR) is 115 cm³/mol. The van der Waals surface area contributed by atoms with E-state index < -0.39 is 23.8 Å². The summed E-state index contributed by atoms with van der Waals surface area (Å²) in [7, 11) is 1.55. The van der Waals surface area contributed by atoms with E-state index in [1.807, 2.05) is 32.1 Å². The normalized spacial score (nSPS) is 27.7. The van der Waals surface area contributed by atoms with Gasteiger partial charge in [0.05, 0.1) is 29.2 Å². The number of aliphatic hydroxyl groups is 1. The Balaban J connectivity index is 1.99. The number of likely N-dealkylation sites (tertiary alicyclic amines) is 1. The van der Waals surface area contributed by atoms with Crippen molar-refractivity contribution in [3.05, 3.63) is 40.9 Å². The van der Waals surface area contributed by atoms with Crippen LogP contribution in [0, 0.1) is 30.6 Å². The lowest BCUT2D eigenvalue weighted by Crippen LogP contribution is -2.45. The molecule has 1 fully saturated rings. The standard InChI is InChI=1S/C22H28ClN3O4/c1-4-13-8-9-14-17(16(13)20(28)24-3)22(30)26(10-11-27)19(14)21(29)25-18-12(2)6-5-7-15(18)23/h5-9,13-14,16-17,19,27H,4,10-11H2,1-3H3,(H,24,28)(H,25,29)/t13-,14+,16-,17+,19+/m1/s1. The number of hydrogen-bond acceptors (Lipinski definition) is 4. The van der Waals surface area contributed by atoms with Gasteiger partial charge >= 0.3 is 0 Å². The highest BCUT2D eigenvalue weighted by molar-refractivity contribution is 6.34. The van der Waals surface area contributed by atoms with Crippen LogP contribution in [0.2, 0.25) is 5.02 Å². The molecule has 8 heteroatoms. The summed E-state index contributed by atoms with van der Waals surface area (Å²) in [5.41, 5.74) is 1.30. The average molecular weight is 434 g/mol. The average Bonchev–Trinajstić information content (AvgIpc) is 3.01. The van der Waals surface area contributed by atoms with Gasteiger partial charge in [0.2, 0.25) is 17.7 Å². The van der Waals surface area contributed by atoms with Crippen molar-refractivity contribution in [1.29, 1.82) is 0 Å². The first-order chi connectivity index (χ1) is 14.3.